The van der Waals surface area contributed by atoms with Gasteiger partial charge in [0.25, 0.3) is 0 Å². The van der Waals surface area contributed by atoms with E-state index in [1.165, 1.54) is 57.8 Å². The summed E-state index contributed by atoms with van der Waals surface area (Å²) in [6, 6.07) is 0. The normalized spacial score (nSPS) is 23.0. The zero-order valence-corrected chi connectivity index (χ0v) is 15.3. The van der Waals surface area contributed by atoms with Gasteiger partial charge in [0.1, 0.15) is 0 Å². The van der Waals surface area contributed by atoms with Gasteiger partial charge in [-0.3, -0.25) is 0 Å². The van der Waals surface area contributed by atoms with Crippen LogP contribution >= 0.6 is 0 Å². The third kappa shape index (κ3) is 8.49. The first-order valence-electron chi connectivity index (χ1n) is 9.29. The molecule has 1 rings (SSSR count). The Morgan fingerprint density at radius 3 is 2.43 bits per heavy atom. The van der Waals surface area contributed by atoms with Crippen LogP contribution in [0, 0.1) is 17.3 Å². The summed E-state index contributed by atoms with van der Waals surface area (Å²) in [4.78, 5) is 0. The molecule has 0 amide bonds. The maximum Gasteiger partial charge on any atom is -0.0271 e. The molecule has 1 fully saturated rings. The fraction of sp³-hybridized carbons (Fsp3) is 0.810. The van der Waals surface area contributed by atoms with Crippen molar-refractivity contribution in [3.05, 3.63) is 23.8 Å². The molecule has 1 aliphatic carbocycles. The van der Waals surface area contributed by atoms with Crippen molar-refractivity contribution in [2.75, 3.05) is 0 Å². The molecule has 0 saturated heterocycles. The van der Waals surface area contributed by atoms with Crippen molar-refractivity contribution < 1.29 is 0 Å². The monoisotopic (exact) mass is 290 g/mol. The lowest BCUT2D eigenvalue weighted by Crippen LogP contribution is -2.11. The minimum Gasteiger partial charge on any atom is -0.0885 e. The lowest BCUT2D eigenvalue weighted by molar-refractivity contribution is 0.327. The van der Waals surface area contributed by atoms with Gasteiger partial charge in [-0.05, 0) is 69.1 Å². The molecule has 0 aromatic rings. The number of unbranched alkanes of at least 4 members (excludes halogenated alkanes) is 1. The van der Waals surface area contributed by atoms with Gasteiger partial charge in [-0.15, -0.1) is 0 Å². The van der Waals surface area contributed by atoms with E-state index in [1.807, 2.05) is 0 Å². The molecule has 21 heavy (non-hydrogen) atoms. The molecule has 0 aliphatic heterocycles. The molecule has 0 aromatic carbocycles. The zero-order valence-electron chi connectivity index (χ0n) is 15.3. The van der Waals surface area contributed by atoms with Gasteiger partial charge in [-0.25, -0.2) is 0 Å². The van der Waals surface area contributed by atoms with E-state index in [9.17, 15) is 0 Å². The molecule has 0 N–H and O–H groups in total. The molecule has 0 radical (unpaired) electrons. The van der Waals surface area contributed by atoms with Crippen LogP contribution in [0.15, 0.2) is 23.8 Å². The van der Waals surface area contributed by atoms with Gasteiger partial charge in [0.15, 0.2) is 0 Å². The van der Waals surface area contributed by atoms with Crippen molar-refractivity contribution in [3.8, 4) is 0 Å². The van der Waals surface area contributed by atoms with Crippen LogP contribution in [0.2, 0.25) is 0 Å². The van der Waals surface area contributed by atoms with Crippen molar-refractivity contribution in [2.24, 2.45) is 17.3 Å². The van der Waals surface area contributed by atoms with Gasteiger partial charge in [-0.2, -0.15) is 0 Å². The quantitative estimate of drug-likeness (QED) is 0.350. The summed E-state index contributed by atoms with van der Waals surface area (Å²) >= 11 is 0. The average Bonchev–Trinajstić information content (AvgIpc) is 3.14. The van der Waals surface area contributed by atoms with Crippen molar-refractivity contribution in [2.45, 2.75) is 92.4 Å². The summed E-state index contributed by atoms with van der Waals surface area (Å²) in [5, 5.41) is 0. The van der Waals surface area contributed by atoms with Crippen LogP contribution in [0.5, 0.6) is 0 Å². The average molecular weight is 291 g/mol. The second-order valence-corrected chi connectivity index (χ2v) is 7.97. The predicted molar refractivity (Wildman–Crippen MR) is 96.6 cm³/mol. The Bertz CT molecular complexity index is 332. The van der Waals surface area contributed by atoms with Crippen LogP contribution in [0.25, 0.3) is 0 Å². The molecule has 2 unspecified atom stereocenters. The van der Waals surface area contributed by atoms with Gasteiger partial charge in [0.05, 0.1) is 0 Å². The Labute approximate surface area is 134 Å². The standard InChI is InChI=1S/C21H38/c1-6-8-9-10-11-12-19-16-20(19)14-13-18(3)17-21(4,5)15-7-2/h9-10,13,19-20H,6-8,11-12,14-17H2,1-5H3. The third-order valence-electron chi connectivity index (χ3n) is 4.85. The van der Waals surface area contributed by atoms with Crippen molar-refractivity contribution in [1.29, 1.82) is 0 Å². The lowest BCUT2D eigenvalue weighted by Gasteiger charge is -2.24. The van der Waals surface area contributed by atoms with Gasteiger partial charge in [0, 0.05) is 0 Å². The highest BCUT2D eigenvalue weighted by Crippen LogP contribution is 2.45. The Hall–Kier alpha value is -0.520. The summed E-state index contributed by atoms with van der Waals surface area (Å²) < 4.78 is 0. The molecule has 122 valence electrons. The summed E-state index contributed by atoms with van der Waals surface area (Å²) in [6.07, 6.45) is 19.3. The van der Waals surface area contributed by atoms with Crippen LogP contribution in [-0.4, -0.2) is 0 Å². The van der Waals surface area contributed by atoms with Crippen LogP contribution in [0.3, 0.4) is 0 Å². The summed E-state index contributed by atoms with van der Waals surface area (Å²) in [7, 11) is 0. The first-order chi connectivity index (χ1) is 9.98. The van der Waals surface area contributed by atoms with E-state index < -0.39 is 0 Å². The van der Waals surface area contributed by atoms with Crippen molar-refractivity contribution in [3.63, 3.8) is 0 Å². The Kier molecular flexibility index (Phi) is 8.37. The van der Waals surface area contributed by atoms with E-state index >= 15 is 0 Å². The SMILES string of the molecule is CCCC=CCCC1CC1CC=C(C)CC(C)(C)CCC. The highest BCUT2D eigenvalue weighted by molar-refractivity contribution is 5.04. The molecule has 1 saturated carbocycles. The predicted octanol–water partition coefficient (Wildman–Crippen LogP) is 7.31. The largest absolute Gasteiger partial charge is 0.0885 e. The third-order valence-corrected chi connectivity index (χ3v) is 4.85. The number of hydrogen-bond donors (Lipinski definition) is 0. The molecule has 1 aliphatic rings. The van der Waals surface area contributed by atoms with Crippen molar-refractivity contribution >= 4 is 0 Å². The van der Waals surface area contributed by atoms with E-state index in [0.717, 1.165) is 11.8 Å². The maximum atomic E-state index is 2.54. The molecule has 0 bridgehead atoms. The van der Waals surface area contributed by atoms with Gasteiger partial charge >= 0.3 is 0 Å². The molecule has 2 atom stereocenters. The summed E-state index contributed by atoms with van der Waals surface area (Å²) in [5.41, 5.74) is 2.10. The molecule has 0 aromatic heterocycles. The molecule has 0 nitrogen and oxygen atoms in total. The van der Waals surface area contributed by atoms with E-state index in [1.54, 1.807) is 5.57 Å². The van der Waals surface area contributed by atoms with E-state index in [0.29, 0.717) is 5.41 Å². The van der Waals surface area contributed by atoms with Crippen LogP contribution in [-0.2, 0) is 0 Å². The Balaban J connectivity index is 2.17. The summed E-state index contributed by atoms with van der Waals surface area (Å²) in [6.45, 7) is 11.7. The lowest BCUT2D eigenvalue weighted by atomic mass is 9.82. The highest BCUT2D eigenvalue weighted by Gasteiger charge is 2.34. The van der Waals surface area contributed by atoms with Crippen LogP contribution in [0.4, 0.5) is 0 Å². The molecular weight excluding hydrogens is 252 g/mol. The van der Waals surface area contributed by atoms with E-state index in [2.05, 4.69) is 52.8 Å². The Morgan fingerprint density at radius 2 is 1.76 bits per heavy atom. The topological polar surface area (TPSA) is 0 Å². The Morgan fingerprint density at radius 1 is 1.05 bits per heavy atom. The van der Waals surface area contributed by atoms with Crippen LogP contribution in [0.1, 0.15) is 92.4 Å². The fourth-order valence-electron chi connectivity index (χ4n) is 3.61. The molecule has 0 heterocycles. The van der Waals surface area contributed by atoms with E-state index in [4.69, 9.17) is 0 Å². The van der Waals surface area contributed by atoms with E-state index in [-0.39, 0.29) is 0 Å². The van der Waals surface area contributed by atoms with Crippen molar-refractivity contribution in [1.82, 2.24) is 0 Å². The maximum absolute atomic E-state index is 2.54. The molecular formula is C21H38. The second kappa shape index (κ2) is 9.49. The smallest absolute Gasteiger partial charge is 0.0271 e. The fourth-order valence-corrected chi connectivity index (χ4v) is 3.61. The minimum atomic E-state index is 0.488. The first-order valence-corrected chi connectivity index (χ1v) is 9.29. The number of allylic oxidation sites excluding steroid dienone is 4. The minimum absolute atomic E-state index is 0.488. The second-order valence-electron chi connectivity index (χ2n) is 7.97. The number of rotatable bonds is 11. The highest BCUT2D eigenvalue weighted by atomic mass is 14.4. The first kappa shape index (κ1) is 18.5. The van der Waals surface area contributed by atoms with Crippen LogP contribution < -0.4 is 0 Å². The van der Waals surface area contributed by atoms with Gasteiger partial charge < -0.3 is 0 Å². The summed E-state index contributed by atoms with van der Waals surface area (Å²) in [5.74, 6) is 2.01. The zero-order chi connectivity index (χ0) is 15.7. The molecule has 0 heteroatoms. The molecule has 0 spiro atoms. The number of hydrogen-bond acceptors (Lipinski definition) is 0. The van der Waals surface area contributed by atoms with Gasteiger partial charge in [-0.1, -0.05) is 64.3 Å². The van der Waals surface area contributed by atoms with Gasteiger partial charge in [0.2, 0.25) is 0 Å².